The van der Waals surface area contributed by atoms with E-state index >= 15 is 0 Å². The van der Waals surface area contributed by atoms with Gasteiger partial charge in [-0.25, -0.2) is 4.79 Å². The van der Waals surface area contributed by atoms with Crippen LogP contribution in [0.2, 0.25) is 0 Å². The van der Waals surface area contributed by atoms with Crippen LogP contribution >= 0.6 is 27.3 Å². The number of hydrogen-bond acceptors (Lipinski definition) is 6. The molecule has 28 heavy (non-hydrogen) atoms. The molecule has 6 nitrogen and oxygen atoms in total. The van der Waals surface area contributed by atoms with Gasteiger partial charge in [0.15, 0.2) is 5.78 Å². The molecule has 2 rings (SSSR count). The van der Waals surface area contributed by atoms with Gasteiger partial charge >= 0.3 is 5.97 Å². The third-order valence-corrected chi connectivity index (χ3v) is 5.71. The van der Waals surface area contributed by atoms with Crippen LogP contribution in [0.3, 0.4) is 0 Å². The zero-order chi connectivity index (χ0) is 20.8. The van der Waals surface area contributed by atoms with Crippen molar-refractivity contribution < 1.29 is 23.9 Å². The highest BCUT2D eigenvalue weighted by Crippen LogP contribution is 2.34. The highest BCUT2D eigenvalue weighted by atomic mass is 79.9. The first-order valence-corrected chi connectivity index (χ1v) is 10.0. The molecule has 0 aliphatic carbocycles. The Balaban J connectivity index is 2.25. The molecule has 8 heteroatoms. The molecule has 1 aromatic carbocycles. The molecule has 0 radical (unpaired) electrons. The van der Waals surface area contributed by atoms with Crippen LogP contribution in [0.4, 0.5) is 5.00 Å². The smallest absolute Gasteiger partial charge is 0.341 e. The molecule has 148 valence electrons. The van der Waals surface area contributed by atoms with Gasteiger partial charge in [-0.3, -0.25) is 9.59 Å². The van der Waals surface area contributed by atoms with Crippen molar-refractivity contribution in [3.05, 3.63) is 50.3 Å². The summed E-state index contributed by atoms with van der Waals surface area (Å²) in [6.45, 7) is 4.98. The number of nitrogens with one attached hydrogen (secondary N) is 1. The van der Waals surface area contributed by atoms with E-state index in [1.165, 1.54) is 13.0 Å². The number of ketones is 1. The maximum atomic E-state index is 12.4. The Kier molecular flexibility index (Phi) is 7.53. The van der Waals surface area contributed by atoms with Gasteiger partial charge in [0.05, 0.1) is 28.6 Å². The first kappa shape index (κ1) is 21.8. The van der Waals surface area contributed by atoms with Crippen molar-refractivity contribution in [1.82, 2.24) is 0 Å². The van der Waals surface area contributed by atoms with Crippen LogP contribution in [0.25, 0.3) is 6.08 Å². The summed E-state index contributed by atoms with van der Waals surface area (Å²) in [5, 5.41) is 2.97. The lowest BCUT2D eigenvalue weighted by molar-refractivity contribution is -0.111. The number of anilines is 1. The number of halogens is 1. The minimum absolute atomic E-state index is 0.174. The number of rotatable bonds is 7. The van der Waals surface area contributed by atoms with Gasteiger partial charge in [-0.05, 0) is 66.0 Å². The number of thiophene rings is 1. The fourth-order valence-electron chi connectivity index (χ4n) is 2.50. The lowest BCUT2D eigenvalue weighted by Crippen LogP contribution is -2.12. The first-order valence-electron chi connectivity index (χ1n) is 8.42. The largest absolute Gasteiger partial charge is 0.496 e. The van der Waals surface area contributed by atoms with Crippen LogP contribution in [0.5, 0.6) is 5.75 Å². The summed E-state index contributed by atoms with van der Waals surface area (Å²) >= 11 is 4.46. The number of carbonyl (C=O) groups is 3. The SMILES string of the molecule is CCOC(=O)c1c(NC(=O)/C=C/c2ccc(OC)c(Br)c2)sc(C(C)=O)c1C. The zero-order valence-corrected chi connectivity index (χ0v) is 18.3. The summed E-state index contributed by atoms with van der Waals surface area (Å²) in [5.41, 5.74) is 1.51. The monoisotopic (exact) mass is 465 g/mol. The van der Waals surface area contributed by atoms with E-state index < -0.39 is 11.9 Å². The zero-order valence-electron chi connectivity index (χ0n) is 15.9. The summed E-state index contributed by atoms with van der Waals surface area (Å²) in [7, 11) is 1.57. The molecule has 1 amide bonds. The highest BCUT2D eigenvalue weighted by Gasteiger charge is 2.24. The molecule has 0 aliphatic rings. The summed E-state index contributed by atoms with van der Waals surface area (Å²) in [6, 6.07) is 5.40. The third-order valence-electron chi connectivity index (χ3n) is 3.79. The number of methoxy groups -OCH3 is 1. The van der Waals surface area contributed by atoms with Gasteiger partial charge in [0.25, 0.3) is 0 Å². The van der Waals surface area contributed by atoms with Crippen LogP contribution < -0.4 is 10.1 Å². The number of hydrogen-bond donors (Lipinski definition) is 1. The van der Waals surface area contributed by atoms with Crippen molar-refractivity contribution in [1.29, 1.82) is 0 Å². The minimum atomic E-state index is -0.567. The number of benzene rings is 1. The molecule has 0 aliphatic heterocycles. The molecule has 0 saturated heterocycles. The standard InChI is InChI=1S/C20H20BrNO5S/c1-5-27-20(25)17-11(2)18(12(3)23)28-19(17)22-16(24)9-7-13-6-8-15(26-4)14(21)10-13/h6-10H,5H2,1-4H3,(H,22,24)/b9-7+. The summed E-state index contributed by atoms with van der Waals surface area (Å²) < 4.78 is 11.0. The van der Waals surface area contributed by atoms with Gasteiger partial charge in [-0.15, -0.1) is 11.3 Å². The van der Waals surface area contributed by atoms with Gasteiger partial charge in [-0.1, -0.05) is 6.07 Å². The molecular weight excluding hydrogens is 446 g/mol. The summed E-state index contributed by atoms with van der Waals surface area (Å²) in [6.07, 6.45) is 2.99. The van der Waals surface area contributed by atoms with Gasteiger partial charge < -0.3 is 14.8 Å². The fraction of sp³-hybridized carbons (Fsp3) is 0.250. The Hall–Kier alpha value is -2.45. The van der Waals surface area contributed by atoms with Crippen molar-refractivity contribution in [2.45, 2.75) is 20.8 Å². The van der Waals surface area contributed by atoms with Gasteiger partial charge in [0, 0.05) is 6.08 Å². The molecule has 1 aromatic heterocycles. The van der Waals surface area contributed by atoms with E-state index in [2.05, 4.69) is 21.2 Å². The van der Waals surface area contributed by atoms with E-state index in [1.54, 1.807) is 39.2 Å². The van der Waals surface area contributed by atoms with Crippen molar-refractivity contribution in [3.63, 3.8) is 0 Å². The number of amides is 1. The van der Waals surface area contributed by atoms with Gasteiger partial charge in [0.2, 0.25) is 5.91 Å². The third kappa shape index (κ3) is 5.08. The predicted octanol–water partition coefficient (Wildman–Crippen LogP) is 4.86. The topological polar surface area (TPSA) is 81.7 Å². The second kappa shape index (κ2) is 9.66. The van der Waals surface area contributed by atoms with Crippen LogP contribution in [0, 0.1) is 6.92 Å². The summed E-state index contributed by atoms with van der Waals surface area (Å²) in [4.78, 5) is 36.8. The molecule has 0 fully saturated rings. The van der Waals surface area contributed by atoms with Crippen molar-refractivity contribution in [3.8, 4) is 5.75 Å². The maximum Gasteiger partial charge on any atom is 0.341 e. The van der Waals surface area contributed by atoms with Crippen molar-refractivity contribution >= 4 is 56.0 Å². The molecule has 1 heterocycles. The average Bonchev–Trinajstić information content (AvgIpc) is 2.96. The number of ether oxygens (including phenoxy) is 2. The van der Waals surface area contributed by atoms with E-state index in [0.717, 1.165) is 21.4 Å². The molecule has 0 saturated carbocycles. The van der Waals surface area contributed by atoms with E-state index in [9.17, 15) is 14.4 Å². The van der Waals surface area contributed by atoms with E-state index in [-0.39, 0.29) is 18.0 Å². The maximum absolute atomic E-state index is 12.4. The quantitative estimate of drug-likeness (QED) is 0.358. The molecule has 0 bridgehead atoms. The number of Topliss-reactive ketones (excluding diaryl/α,β-unsaturated/α-hetero) is 1. The average molecular weight is 466 g/mol. The summed E-state index contributed by atoms with van der Waals surface area (Å²) in [5.74, 6) is -0.477. The van der Waals surface area contributed by atoms with Crippen LogP contribution in [-0.4, -0.2) is 31.4 Å². The Morgan fingerprint density at radius 3 is 2.57 bits per heavy atom. The fourth-order valence-corrected chi connectivity index (χ4v) is 4.15. The predicted molar refractivity (Wildman–Crippen MR) is 113 cm³/mol. The molecular formula is C20H20BrNO5S. The van der Waals surface area contributed by atoms with Crippen LogP contribution in [0.15, 0.2) is 28.7 Å². The van der Waals surface area contributed by atoms with E-state index in [4.69, 9.17) is 9.47 Å². The Morgan fingerprint density at radius 2 is 2.00 bits per heavy atom. The van der Waals surface area contributed by atoms with Gasteiger partial charge in [-0.2, -0.15) is 0 Å². The first-order chi connectivity index (χ1) is 13.3. The Morgan fingerprint density at radius 1 is 1.29 bits per heavy atom. The second-order valence-electron chi connectivity index (χ2n) is 5.75. The second-order valence-corrected chi connectivity index (χ2v) is 7.63. The molecule has 0 unspecified atom stereocenters. The lowest BCUT2D eigenvalue weighted by atomic mass is 10.1. The van der Waals surface area contributed by atoms with Crippen molar-refractivity contribution in [2.75, 3.05) is 19.0 Å². The van der Waals surface area contributed by atoms with E-state index in [1.807, 2.05) is 6.07 Å². The molecule has 0 atom stereocenters. The number of esters is 1. The number of carbonyl (C=O) groups excluding carboxylic acids is 3. The molecule has 0 spiro atoms. The molecule has 2 aromatic rings. The molecule has 1 N–H and O–H groups in total. The Labute approximate surface area is 175 Å². The van der Waals surface area contributed by atoms with E-state index in [0.29, 0.717) is 21.2 Å². The Bertz CT molecular complexity index is 948. The van der Waals surface area contributed by atoms with Crippen LogP contribution in [-0.2, 0) is 9.53 Å². The lowest BCUT2D eigenvalue weighted by Gasteiger charge is -2.06. The van der Waals surface area contributed by atoms with Crippen molar-refractivity contribution in [2.24, 2.45) is 0 Å². The normalized spacial score (nSPS) is 10.8. The van der Waals surface area contributed by atoms with Gasteiger partial charge in [0.1, 0.15) is 10.8 Å². The minimum Gasteiger partial charge on any atom is -0.496 e. The highest BCUT2D eigenvalue weighted by molar-refractivity contribution is 9.10. The van der Waals surface area contributed by atoms with Crippen LogP contribution in [0.1, 0.15) is 45.0 Å².